The van der Waals surface area contributed by atoms with Crippen LogP contribution < -0.4 is 0 Å². The maximum absolute atomic E-state index is 11.0. The second-order valence-corrected chi connectivity index (χ2v) is 2.44. The Bertz CT molecular complexity index is 229. The average Bonchev–Trinajstić information content (AvgIpc) is 2.35. The smallest absolute Gasteiger partial charge is 0.341 e. The molecule has 0 atom stereocenters. The number of aromatic nitrogens is 2. The van der Waals surface area contributed by atoms with Crippen LogP contribution in [0.5, 0.6) is 0 Å². The van der Waals surface area contributed by atoms with E-state index >= 15 is 0 Å². The third kappa shape index (κ3) is 2.07. The van der Waals surface area contributed by atoms with E-state index in [1.165, 1.54) is 12.4 Å². The number of H-pyrrole nitrogens is 1. The van der Waals surface area contributed by atoms with Crippen molar-refractivity contribution in [3.05, 3.63) is 18.0 Å². The van der Waals surface area contributed by atoms with Crippen molar-refractivity contribution in [1.29, 1.82) is 0 Å². The van der Waals surface area contributed by atoms with E-state index in [0.29, 0.717) is 5.56 Å². The topological polar surface area (TPSA) is 55.0 Å². The molecule has 0 saturated carbocycles. The van der Waals surface area contributed by atoms with Crippen molar-refractivity contribution >= 4 is 5.97 Å². The second kappa shape index (κ2) is 3.18. The fourth-order valence-electron chi connectivity index (χ4n) is 0.645. The highest BCUT2D eigenvalue weighted by Gasteiger charge is 2.08. The van der Waals surface area contributed by atoms with Gasteiger partial charge in [0.1, 0.15) is 0 Å². The van der Waals surface area contributed by atoms with Gasteiger partial charge < -0.3 is 4.74 Å². The number of nitrogens with zero attached hydrogens (tertiary/aromatic N) is 1. The fraction of sp³-hybridized carbons (Fsp3) is 0.429. The first-order valence-electron chi connectivity index (χ1n) is 3.40. The molecular weight excluding hydrogens is 144 g/mol. The predicted molar refractivity (Wildman–Crippen MR) is 39.1 cm³/mol. The third-order valence-electron chi connectivity index (χ3n) is 1.08. The van der Waals surface area contributed by atoms with Crippen molar-refractivity contribution in [2.75, 3.05) is 0 Å². The number of ether oxygens (including phenoxy) is 1. The summed E-state index contributed by atoms with van der Waals surface area (Å²) in [6.07, 6.45) is 2.85. The molecule has 1 N–H and O–H groups in total. The lowest BCUT2D eigenvalue weighted by molar-refractivity contribution is 0.0378. The number of carbonyl (C=O) groups excluding carboxylic acids is 1. The molecule has 0 bridgehead atoms. The molecule has 1 aromatic rings. The van der Waals surface area contributed by atoms with Crippen LogP contribution in [0.15, 0.2) is 12.4 Å². The lowest BCUT2D eigenvalue weighted by atomic mass is 10.4. The number of rotatable bonds is 2. The Morgan fingerprint density at radius 2 is 2.45 bits per heavy atom. The van der Waals surface area contributed by atoms with E-state index in [1.807, 2.05) is 0 Å². The first kappa shape index (κ1) is 7.78. The Morgan fingerprint density at radius 3 is 2.91 bits per heavy atom. The molecule has 1 aromatic heterocycles. The molecule has 0 radical (unpaired) electrons. The summed E-state index contributed by atoms with van der Waals surface area (Å²) in [6.45, 7) is 3.61. The number of aromatic amines is 1. The highest BCUT2D eigenvalue weighted by atomic mass is 16.5. The molecule has 0 aliphatic rings. The van der Waals surface area contributed by atoms with E-state index < -0.39 is 0 Å². The van der Waals surface area contributed by atoms with E-state index in [0.717, 1.165) is 0 Å². The zero-order valence-electron chi connectivity index (χ0n) is 6.50. The lowest BCUT2D eigenvalue weighted by Gasteiger charge is -2.04. The van der Waals surface area contributed by atoms with Gasteiger partial charge in [-0.3, -0.25) is 5.10 Å². The second-order valence-electron chi connectivity index (χ2n) is 2.44. The van der Waals surface area contributed by atoms with Gasteiger partial charge >= 0.3 is 5.97 Å². The summed E-state index contributed by atoms with van der Waals surface area (Å²) in [5.41, 5.74) is 0.457. The number of carbonyl (C=O) groups is 1. The molecule has 4 nitrogen and oxygen atoms in total. The first-order chi connectivity index (χ1) is 5.20. The highest BCUT2D eigenvalue weighted by Crippen LogP contribution is 1.99. The third-order valence-corrected chi connectivity index (χ3v) is 1.08. The zero-order valence-corrected chi connectivity index (χ0v) is 6.50. The Kier molecular flexibility index (Phi) is 2.25. The first-order valence-corrected chi connectivity index (χ1v) is 3.40. The maximum atomic E-state index is 11.0. The normalized spacial score (nSPS) is 10.1. The number of hydrogen-bond donors (Lipinski definition) is 1. The lowest BCUT2D eigenvalue weighted by Crippen LogP contribution is -2.10. The van der Waals surface area contributed by atoms with Crippen LogP contribution >= 0.6 is 0 Å². The summed E-state index contributed by atoms with van der Waals surface area (Å²) in [6, 6.07) is 0. The number of nitrogens with one attached hydrogen (secondary N) is 1. The van der Waals surface area contributed by atoms with Gasteiger partial charge in [0.05, 0.1) is 17.9 Å². The molecule has 0 aliphatic carbocycles. The van der Waals surface area contributed by atoms with Crippen LogP contribution in [0.2, 0.25) is 0 Å². The maximum Gasteiger partial charge on any atom is 0.341 e. The molecule has 0 aliphatic heterocycles. The molecule has 0 spiro atoms. The van der Waals surface area contributed by atoms with Gasteiger partial charge in [-0.1, -0.05) is 0 Å². The summed E-state index contributed by atoms with van der Waals surface area (Å²) in [4.78, 5) is 11.0. The zero-order chi connectivity index (χ0) is 8.27. The molecule has 0 fully saturated rings. The van der Waals surface area contributed by atoms with Crippen LogP contribution in [0, 0.1) is 0 Å². The number of hydrogen-bond acceptors (Lipinski definition) is 3. The van der Waals surface area contributed by atoms with Crippen molar-refractivity contribution in [2.45, 2.75) is 20.0 Å². The van der Waals surface area contributed by atoms with Gasteiger partial charge in [-0.15, -0.1) is 0 Å². The minimum atomic E-state index is -0.339. The fourth-order valence-corrected chi connectivity index (χ4v) is 0.645. The van der Waals surface area contributed by atoms with Gasteiger partial charge in [0.25, 0.3) is 0 Å². The predicted octanol–water partition coefficient (Wildman–Crippen LogP) is 0.975. The summed E-state index contributed by atoms with van der Waals surface area (Å²) >= 11 is 0. The Hall–Kier alpha value is -1.32. The van der Waals surface area contributed by atoms with Crippen LogP contribution in [0.3, 0.4) is 0 Å². The van der Waals surface area contributed by atoms with E-state index in [1.54, 1.807) is 13.8 Å². The molecular formula is C7H10N2O2. The minimum absolute atomic E-state index is 0.0857. The van der Waals surface area contributed by atoms with Crippen molar-refractivity contribution in [2.24, 2.45) is 0 Å². The number of esters is 1. The van der Waals surface area contributed by atoms with Gasteiger partial charge in [-0.2, -0.15) is 5.10 Å². The summed E-state index contributed by atoms with van der Waals surface area (Å²) in [7, 11) is 0. The molecule has 11 heavy (non-hydrogen) atoms. The Labute approximate surface area is 64.6 Å². The highest BCUT2D eigenvalue weighted by molar-refractivity contribution is 5.88. The van der Waals surface area contributed by atoms with Crippen molar-refractivity contribution < 1.29 is 9.53 Å². The molecule has 1 heterocycles. The van der Waals surface area contributed by atoms with Gasteiger partial charge in [-0.25, -0.2) is 4.79 Å². The van der Waals surface area contributed by atoms with Crippen LogP contribution in [-0.4, -0.2) is 22.3 Å². The van der Waals surface area contributed by atoms with Gasteiger partial charge in [0.15, 0.2) is 0 Å². The molecule has 60 valence electrons. The monoisotopic (exact) mass is 154 g/mol. The van der Waals surface area contributed by atoms with Crippen molar-refractivity contribution in [3.8, 4) is 0 Å². The standard InChI is InChI=1S/C7H10N2O2/c1-5(2)11-7(10)6-3-8-9-4-6/h3-5H,1-2H3,(H,8,9). The van der Waals surface area contributed by atoms with E-state index in [4.69, 9.17) is 4.74 Å². The van der Waals surface area contributed by atoms with E-state index in [-0.39, 0.29) is 12.1 Å². The summed E-state index contributed by atoms with van der Waals surface area (Å²) < 4.78 is 4.90. The van der Waals surface area contributed by atoms with Gasteiger partial charge in [0.2, 0.25) is 0 Å². The van der Waals surface area contributed by atoms with E-state index in [2.05, 4.69) is 10.2 Å². The Balaban J connectivity index is 2.57. The average molecular weight is 154 g/mol. The Morgan fingerprint density at radius 1 is 1.73 bits per heavy atom. The van der Waals surface area contributed by atoms with Crippen LogP contribution in [0.25, 0.3) is 0 Å². The van der Waals surface area contributed by atoms with Crippen LogP contribution in [0.1, 0.15) is 24.2 Å². The van der Waals surface area contributed by atoms with Gasteiger partial charge in [-0.05, 0) is 13.8 Å². The molecule has 0 amide bonds. The largest absolute Gasteiger partial charge is 0.459 e. The molecule has 4 heteroatoms. The summed E-state index contributed by atoms with van der Waals surface area (Å²) in [5.74, 6) is -0.339. The molecule has 0 unspecified atom stereocenters. The van der Waals surface area contributed by atoms with Crippen LogP contribution in [0.4, 0.5) is 0 Å². The quantitative estimate of drug-likeness (QED) is 0.646. The molecule has 0 aromatic carbocycles. The van der Waals surface area contributed by atoms with Crippen molar-refractivity contribution in [3.63, 3.8) is 0 Å². The SMILES string of the molecule is CC(C)OC(=O)c1cn[nH]c1. The minimum Gasteiger partial charge on any atom is -0.459 e. The van der Waals surface area contributed by atoms with E-state index in [9.17, 15) is 4.79 Å². The molecule has 1 rings (SSSR count). The molecule has 0 saturated heterocycles. The van der Waals surface area contributed by atoms with Gasteiger partial charge in [0, 0.05) is 6.20 Å². The van der Waals surface area contributed by atoms with Crippen LogP contribution in [-0.2, 0) is 4.74 Å². The summed E-state index contributed by atoms with van der Waals surface area (Å²) in [5, 5.41) is 6.16. The van der Waals surface area contributed by atoms with Crippen molar-refractivity contribution in [1.82, 2.24) is 10.2 Å².